The summed E-state index contributed by atoms with van der Waals surface area (Å²) in [5.74, 6) is 0.287. The van der Waals surface area contributed by atoms with E-state index in [9.17, 15) is 14.4 Å². The fourth-order valence-corrected chi connectivity index (χ4v) is 11.2. The molecule has 10 unspecified atom stereocenters. The van der Waals surface area contributed by atoms with E-state index in [-0.39, 0.29) is 47.9 Å². The fourth-order valence-electron chi connectivity index (χ4n) is 11.2. The van der Waals surface area contributed by atoms with Crippen molar-refractivity contribution in [2.75, 3.05) is 39.3 Å². The third-order valence-corrected chi connectivity index (χ3v) is 13.5. The molecule has 49 heavy (non-hydrogen) atoms. The number of hydrogen-bond donors (Lipinski definition) is 1. The summed E-state index contributed by atoms with van der Waals surface area (Å²) in [5.41, 5.74) is -0.330. The summed E-state index contributed by atoms with van der Waals surface area (Å²) in [6.07, 6.45) is 11.8. The van der Waals surface area contributed by atoms with Gasteiger partial charge in [0.25, 0.3) is 5.91 Å². The highest BCUT2D eigenvalue weighted by molar-refractivity contribution is 6.20. The minimum atomic E-state index is -1.27. The van der Waals surface area contributed by atoms with Crippen molar-refractivity contribution in [3.05, 3.63) is 11.8 Å². The predicted molar refractivity (Wildman–Crippen MR) is 182 cm³/mol. The molecule has 7 fully saturated rings. The predicted octanol–water partition coefficient (Wildman–Crippen LogP) is 4.27. The van der Waals surface area contributed by atoms with E-state index in [4.69, 9.17) is 9.47 Å². The SMILES string of the molecule is CC(C)(C)OC(=O)NC1CCN(C2C(F)CC3C(=O)C(C(=O)N4CCC(N5CCCC5)CC4)=CN4C5CC6CCCCC6CC5OC2C34)C1. The number of ketones is 1. The number of fused-ring (bicyclic) bond motifs is 3. The number of ether oxygens (including phenoxy) is 2. The largest absolute Gasteiger partial charge is 0.444 e. The maximum absolute atomic E-state index is 16.7. The Hall–Kier alpha value is -2.24. The number of likely N-dealkylation sites (tertiary alicyclic amines) is 3. The van der Waals surface area contributed by atoms with E-state index in [0.29, 0.717) is 50.5 Å². The number of amides is 2. The van der Waals surface area contributed by atoms with Crippen molar-refractivity contribution in [3.63, 3.8) is 0 Å². The number of nitrogens with zero attached hydrogens (tertiary/aromatic N) is 4. The quantitative estimate of drug-likeness (QED) is 0.440. The van der Waals surface area contributed by atoms with Gasteiger partial charge in [0, 0.05) is 50.4 Å². The molecule has 2 amide bonds. The first kappa shape index (κ1) is 33.9. The Morgan fingerprint density at radius 2 is 1.59 bits per heavy atom. The Labute approximate surface area is 291 Å². The zero-order chi connectivity index (χ0) is 34.0. The average Bonchev–Trinajstić information content (AvgIpc) is 3.77. The Kier molecular flexibility index (Phi) is 9.25. The van der Waals surface area contributed by atoms with Crippen molar-refractivity contribution in [2.24, 2.45) is 17.8 Å². The molecule has 10 atom stereocenters. The zero-order valence-electron chi connectivity index (χ0n) is 29.9. The molecule has 10 nitrogen and oxygen atoms in total. The second-order valence-corrected chi connectivity index (χ2v) is 17.6. The van der Waals surface area contributed by atoms with Crippen molar-refractivity contribution in [3.8, 4) is 0 Å². The molecule has 5 aliphatic heterocycles. The van der Waals surface area contributed by atoms with E-state index in [1.54, 1.807) is 0 Å². The van der Waals surface area contributed by atoms with E-state index >= 15 is 4.39 Å². The van der Waals surface area contributed by atoms with Crippen LogP contribution in [0.15, 0.2) is 11.8 Å². The number of alkyl halides is 1. The van der Waals surface area contributed by atoms with Crippen LogP contribution in [0.4, 0.5) is 9.18 Å². The lowest BCUT2D eigenvalue weighted by molar-refractivity contribution is -0.219. The van der Waals surface area contributed by atoms with Crippen LogP contribution in [0.5, 0.6) is 0 Å². The summed E-state index contributed by atoms with van der Waals surface area (Å²) in [4.78, 5) is 50.1. The summed E-state index contributed by atoms with van der Waals surface area (Å²) >= 11 is 0. The number of piperidine rings is 1. The van der Waals surface area contributed by atoms with Gasteiger partial charge in [-0.3, -0.25) is 14.5 Å². The van der Waals surface area contributed by atoms with Gasteiger partial charge in [-0.05, 0) is 97.1 Å². The highest BCUT2D eigenvalue weighted by Crippen LogP contribution is 2.51. The summed E-state index contributed by atoms with van der Waals surface area (Å²) in [7, 11) is 0. The summed E-state index contributed by atoms with van der Waals surface area (Å²) in [5, 5.41) is 3.00. The van der Waals surface area contributed by atoms with Gasteiger partial charge in [0.05, 0.1) is 35.9 Å². The molecular formula is C38H58FN5O5. The maximum Gasteiger partial charge on any atom is 0.407 e. The van der Waals surface area contributed by atoms with Crippen molar-refractivity contribution in [2.45, 2.75) is 152 Å². The molecule has 0 aromatic carbocycles. The number of rotatable bonds is 4. The molecule has 8 rings (SSSR count). The van der Waals surface area contributed by atoms with Crippen molar-refractivity contribution in [1.82, 2.24) is 24.9 Å². The molecule has 0 aromatic rings. The number of hydrogen-bond acceptors (Lipinski definition) is 8. The maximum atomic E-state index is 16.7. The molecule has 272 valence electrons. The standard InChI is InChI=1S/C38H58FN5O5/c1-38(2,3)49-37(47)40-25-10-15-43(21-25)33-29(39)20-27-32-35(33)48-31-19-24-9-5-4-8-23(24)18-30(31)44(32)22-28(34(27)45)36(46)42-16-11-26(12-17-42)41-13-6-7-14-41/h22-27,29-33,35H,4-21H2,1-3H3,(H,40,47). The summed E-state index contributed by atoms with van der Waals surface area (Å²) < 4.78 is 29.3. The highest BCUT2D eigenvalue weighted by Gasteiger charge is 2.61. The number of carbonyl (C=O) groups is 3. The van der Waals surface area contributed by atoms with Crippen LogP contribution < -0.4 is 5.32 Å². The Morgan fingerprint density at radius 1 is 0.878 bits per heavy atom. The summed E-state index contributed by atoms with van der Waals surface area (Å²) in [6.45, 7) is 10.3. The molecule has 11 heteroatoms. The smallest absolute Gasteiger partial charge is 0.407 e. The number of alkyl carbamates (subject to hydrolysis) is 1. The number of carbonyl (C=O) groups excluding carboxylic acids is 3. The molecule has 8 aliphatic rings. The molecular weight excluding hydrogens is 625 g/mol. The van der Waals surface area contributed by atoms with Gasteiger partial charge in [0.1, 0.15) is 11.8 Å². The van der Waals surface area contributed by atoms with Crippen LogP contribution in [0.2, 0.25) is 0 Å². The lowest BCUT2D eigenvalue weighted by Crippen LogP contribution is -2.73. The van der Waals surface area contributed by atoms with Gasteiger partial charge in [-0.25, -0.2) is 9.18 Å². The number of Topliss-reactive ketones (excluding diaryl/α,β-unsaturated/α-hetero) is 1. The van der Waals surface area contributed by atoms with E-state index in [0.717, 1.165) is 38.8 Å². The van der Waals surface area contributed by atoms with Gasteiger partial charge in [0.2, 0.25) is 0 Å². The number of halogens is 1. The Balaban J connectivity index is 1.04. The monoisotopic (exact) mass is 683 g/mol. The van der Waals surface area contributed by atoms with Crippen LogP contribution >= 0.6 is 0 Å². The first-order valence-electron chi connectivity index (χ1n) is 19.6. The molecule has 0 spiro atoms. The van der Waals surface area contributed by atoms with Crippen LogP contribution in [-0.4, -0.2) is 131 Å². The van der Waals surface area contributed by atoms with Gasteiger partial charge >= 0.3 is 6.09 Å². The Bertz CT molecular complexity index is 1310. The van der Waals surface area contributed by atoms with Crippen LogP contribution in [-0.2, 0) is 19.1 Å². The second-order valence-electron chi connectivity index (χ2n) is 17.6. The lowest BCUT2D eigenvalue weighted by Gasteiger charge is -2.61. The molecule has 1 N–H and O–H groups in total. The van der Waals surface area contributed by atoms with Gasteiger partial charge in [-0.15, -0.1) is 0 Å². The van der Waals surface area contributed by atoms with Gasteiger partial charge in [-0.1, -0.05) is 25.7 Å². The van der Waals surface area contributed by atoms with Crippen molar-refractivity contribution >= 4 is 17.8 Å². The van der Waals surface area contributed by atoms with Gasteiger partial charge in [0.15, 0.2) is 5.78 Å². The van der Waals surface area contributed by atoms with Crippen molar-refractivity contribution < 1.29 is 28.2 Å². The zero-order valence-corrected chi connectivity index (χ0v) is 29.9. The minimum Gasteiger partial charge on any atom is -0.444 e. The third-order valence-electron chi connectivity index (χ3n) is 13.5. The molecule has 3 saturated carbocycles. The van der Waals surface area contributed by atoms with Crippen LogP contribution in [0.1, 0.15) is 97.8 Å². The fraction of sp³-hybridized carbons (Fsp3) is 0.868. The molecule has 0 aromatic heterocycles. The van der Waals surface area contributed by atoms with E-state index in [1.165, 1.54) is 38.5 Å². The van der Waals surface area contributed by atoms with E-state index < -0.39 is 35.9 Å². The lowest BCUT2D eigenvalue weighted by atomic mass is 9.64. The molecule has 0 bridgehead atoms. The topological polar surface area (TPSA) is 94.7 Å². The molecule has 4 saturated heterocycles. The van der Waals surface area contributed by atoms with Crippen LogP contribution in [0, 0.1) is 17.8 Å². The first-order valence-corrected chi connectivity index (χ1v) is 19.6. The summed E-state index contributed by atoms with van der Waals surface area (Å²) in [6, 6.07) is -0.331. The molecule has 0 radical (unpaired) electrons. The van der Waals surface area contributed by atoms with Crippen LogP contribution in [0.3, 0.4) is 0 Å². The van der Waals surface area contributed by atoms with E-state index in [1.807, 2.05) is 31.9 Å². The molecule has 5 heterocycles. The first-order chi connectivity index (χ1) is 23.5. The van der Waals surface area contributed by atoms with Gasteiger partial charge < -0.3 is 29.5 Å². The van der Waals surface area contributed by atoms with Crippen LogP contribution in [0.25, 0.3) is 0 Å². The molecule has 3 aliphatic carbocycles. The number of nitrogens with one attached hydrogen (secondary N) is 1. The second kappa shape index (κ2) is 13.4. The number of morpholine rings is 1. The van der Waals surface area contributed by atoms with E-state index in [2.05, 4.69) is 20.0 Å². The highest BCUT2D eigenvalue weighted by atomic mass is 19.1. The Morgan fingerprint density at radius 3 is 2.31 bits per heavy atom. The van der Waals surface area contributed by atoms with Gasteiger partial charge in [-0.2, -0.15) is 0 Å². The minimum absolute atomic E-state index is 0.0515. The third kappa shape index (κ3) is 6.54. The average molecular weight is 684 g/mol. The normalized spacial score (nSPS) is 40.3. The van der Waals surface area contributed by atoms with Crippen molar-refractivity contribution in [1.29, 1.82) is 0 Å².